The van der Waals surface area contributed by atoms with E-state index in [1.165, 1.54) is 0 Å². The molecule has 25 heavy (non-hydrogen) atoms. The zero-order valence-corrected chi connectivity index (χ0v) is 14.8. The molecule has 0 saturated heterocycles. The Morgan fingerprint density at radius 3 is 2.60 bits per heavy atom. The van der Waals surface area contributed by atoms with Gasteiger partial charge >= 0.3 is 6.03 Å². The summed E-state index contributed by atoms with van der Waals surface area (Å²) < 4.78 is 30.9. The summed E-state index contributed by atoms with van der Waals surface area (Å²) in [6.45, 7) is 2.02. The van der Waals surface area contributed by atoms with Crippen molar-refractivity contribution in [1.82, 2.24) is 10.3 Å². The van der Waals surface area contributed by atoms with Crippen LogP contribution in [-0.4, -0.2) is 29.9 Å². The smallest absolute Gasteiger partial charge is 0.320 e. The molecule has 9 heteroatoms. The fourth-order valence-electron chi connectivity index (χ4n) is 2.19. The van der Waals surface area contributed by atoms with E-state index in [1.807, 2.05) is 42.6 Å². The molecule has 0 aliphatic carbocycles. The minimum atomic E-state index is -4.25. The third-order valence-corrected chi connectivity index (χ3v) is 4.94. The van der Waals surface area contributed by atoms with E-state index in [4.69, 9.17) is 4.55 Å². The lowest BCUT2D eigenvalue weighted by Gasteiger charge is -2.06. The van der Waals surface area contributed by atoms with Crippen molar-refractivity contribution in [1.29, 1.82) is 0 Å². The van der Waals surface area contributed by atoms with Crippen LogP contribution in [0.2, 0.25) is 0 Å². The number of carbonyl (C=O) groups excluding carboxylic acids is 1. The number of anilines is 1. The number of urea groups is 1. The monoisotopic (exact) mass is 377 g/mol. The number of carbonyl (C=O) groups is 1. The van der Waals surface area contributed by atoms with Crippen LogP contribution in [0.15, 0.2) is 42.5 Å². The fourth-order valence-corrected chi connectivity index (χ4v) is 3.45. The molecule has 0 atom stereocenters. The summed E-state index contributed by atoms with van der Waals surface area (Å²) >= 11 is 1.58. The maximum absolute atomic E-state index is 11.6. The molecule has 0 spiro atoms. The van der Waals surface area contributed by atoms with Crippen molar-refractivity contribution in [2.24, 2.45) is 0 Å². The molecule has 0 radical (unpaired) electrons. The van der Waals surface area contributed by atoms with Gasteiger partial charge in [0.15, 0.2) is 0 Å². The van der Waals surface area contributed by atoms with Crippen molar-refractivity contribution in [3.05, 3.63) is 48.0 Å². The molecule has 0 saturated carbocycles. The average Bonchev–Trinajstić information content (AvgIpc) is 2.96. The number of nitrogens with one attached hydrogen (secondary N) is 2. The molecule has 0 aliphatic rings. The zero-order valence-electron chi connectivity index (χ0n) is 13.2. The summed E-state index contributed by atoms with van der Waals surface area (Å²) in [6.07, 6.45) is 0. The normalized spacial score (nSPS) is 11.4. The third kappa shape index (κ3) is 4.53. The Labute approximate surface area is 148 Å². The van der Waals surface area contributed by atoms with Crippen LogP contribution in [0.25, 0.3) is 20.8 Å². The molecule has 0 aliphatic heterocycles. The minimum Gasteiger partial charge on any atom is -0.321 e. The molecule has 2 aromatic carbocycles. The lowest BCUT2D eigenvalue weighted by Crippen LogP contribution is -2.33. The molecule has 1 heterocycles. The Bertz CT molecular complexity index is 1030. The van der Waals surface area contributed by atoms with Gasteiger partial charge in [-0.1, -0.05) is 6.07 Å². The Balaban J connectivity index is 1.72. The van der Waals surface area contributed by atoms with Gasteiger partial charge in [-0.05, 0) is 48.9 Å². The molecule has 1 aromatic heterocycles. The Kier molecular flexibility index (Phi) is 4.71. The standard InChI is InChI=1S/C16H15N3O4S2/c1-10-2-7-14-13(8-10)19-15(24-14)11-3-5-12(6-4-11)18-16(20)17-9-25(21,22)23/h2-8H,9H2,1H3,(H2,17,18,20)(H,21,22,23). The first-order chi connectivity index (χ1) is 11.8. The van der Waals surface area contributed by atoms with E-state index in [9.17, 15) is 13.2 Å². The van der Waals surface area contributed by atoms with E-state index < -0.39 is 22.0 Å². The third-order valence-electron chi connectivity index (χ3n) is 3.35. The molecule has 3 aromatic rings. The minimum absolute atomic E-state index is 0.494. The topological polar surface area (TPSA) is 108 Å². The van der Waals surface area contributed by atoms with Crippen molar-refractivity contribution in [2.75, 3.05) is 11.2 Å². The highest BCUT2D eigenvalue weighted by molar-refractivity contribution is 7.85. The number of benzene rings is 2. The molecular weight excluding hydrogens is 362 g/mol. The predicted octanol–water partition coefficient (Wildman–Crippen LogP) is 3.24. The van der Waals surface area contributed by atoms with E-state index in [2.05, 4.69) is 10.3 Å². The maximum Gasteiger partial charge on any atom is 0.320 e. The lowest BCUT2D eigenvalue weighted by atomic mass is 10.2. The summed E-state index contributed by atoms with van der Waals surface area (Å²) in [5.74, 6) is -0.845. The predicted molar refractivity (Wildman–Crippen MR) is 98.4 cm³/mol. The number of hydrogen-bond acceptors (Lipinski definition) is 5. The lowest BCUT2D eigenvalue weighted by molar-refractivity contribution is 0.253. The molecule has 0 unspecified atom stereocenters. The van der Waals surface area contributed by atoms with Gasteiger partial charge in [-0.15, -0.1) is 11.3 Å². The Morgan fingerprint density at radius 1 is 1.20 bits per heavy atom. The number of hydrogen-bond donors (Lipinski definition) is 3. The number of aryl methyl sites for hydroxylation is 1. The van der Waals surface area contributed by atoms with Gasteiger partial charge in [-0.3, -0.25) is 4.55 Å². The van der Waals surface area contributed by atoms with Gasteiger partial charge in [0.25, 0.3) is 10.1 Å². The first-order valence-corrected chi connectivity index (χ1v) is 9.70. The molecule has 3 rings (SSSR count). The van der Waals surface area contributed by atoms with Crippen LogP contribution in [0.4, 0.5) is 10.5 Å². The van der Waals surface area contributed by atoms with Crippen LogP contribution in [0.1, 0.15) is 5.56 Å². The quantitative estimate of drug-likeness (QED) is 0.605. The van der Waals surface area contributed by atoms with E-state index in [-0.39, 0.29) is 0 Å². The van der Waals surface area contributed by atoms with E-state index in [0.717, 1.165) is 26.4 Å². The van der Waals surface area contributed by atoms with E-state index >= 15 is 0 Å². The summed E-state index contributed by atoms with van der Waals surface area (Å²) in [4.78, 5) is 16.2. The van der Waals surface area contributed by atoms with Crippen molar-refractivity contribution in [2.45, 2.75) is 6.92 Å². The summed E-state index contributed by atoms with van der Waals surface area (Å²) in [6, 6.07) is 12.4. The van der Waals surface area contributed by atoms with Crippen LogP contribution >= 0.6 is 11.3 Å². The van der Waals surface area contributed by atoms with Gasteiger partial charge in [-0.25, -0.2) is 9.78 Å². The molecule has 3 N–H and O–H groups in total. The first kappa shape index (κ1) is 17.3. The molecular formula is C16H15N3O4S2. The Hall–Kier alpha value is -2.49. The summed E-state index contributed by atoms with van der Waals surface area (Å²) in [5.41, 5.74) is 3.52. The molecule has 130 valence electrons. The van der Waals surface area contributed by atoms with Gasteiger partial charge in [0.2, 0.25) is 0 Å². The van der Waals surface area contributed by atoms with Crippen molar-refractivity contribution in [3.63, 3.8) is 0 Å². The first-order valence-electron chi connectivity index (χ1n) is 7.28. The van der Waals surface area contributed by atoms with Crippen molar-refractivity contribution >= 4 is 43.4 Å². The highest BCUT2D eigenvalue weighted by Gasteiger charge is 2.09. The fraction of sp³-hybridized carbons (Fsp3) is 0.125. The molecule has 7 nitrogen and oxygen atoms in total. The average molecular weight is 377 g/mol. The molecule has 0 fully saturated rings. The molecule has 2 amide bonds. The maximum atomic E-state index is 11.6. The number of thiazole rings is 1. The van der Waals surface area contributed by atoms with E-state index in [1.54, 1.807) is 23.5 Å². The number of nitrogens with zero attached hydrogens (tertiary/aromatic N) is 1. The van der Waals surface area contributed by atoms with Gasteiger partial charge in [0.05, 0.1) is 10.2 Å². The zero-order chi connectivity index (χ0) is 18.0. The Morgan fingerprint density at radius 2 is 1.92 bits per heavy atom. The largest absolute Gasteiger partial charge is 0.321 e. The van der Waals surface area contributed by atoms with Crippen LogP contribution in [0.3, 0.4) is 0 Å². The van der Waals surface area contributed by atoms with Crippen molar-refractivity contribution < 1.29 is 17.8 Å². The highest BCUT2D eigenvalue weighted by atomic mass is 32.2. The second kappa shape index (κ2) is 6.79. The summed E-state index contributed by atoms with van der Waals surface area (Å²) in [7, 11) is -4.25. The number of amides is 2. The van der Waals surface area contributed by atoms with E-state index in [0.29, 0.717) is 5.69 Å². The van der Waals surface area contributed by atoms with Gasteiger partial charge < -0.3 is 10.6 Å². The van der Waals surface area contributed by atoms with Gasteiger partial charge in [0.1, 0.15) is 10.9 Å². The van der Waals surface area contributed by atoms with Gasteiger partial charge in [-0.2, -0.15) is 8.42 Å². The second-order valence-corrected chi connectivity index (χ2v) is 7.91. The van der Waals surface area contributed by atoms with Crippen LogP contribution in [0, 0.1) is 6.92 Å². The van der Waals surface area contributed by atoms with Crippen LogP contribution in [-0.2, 0) is 10.1 Å². The van der Waals surface area contributed by atoms with Gasteiger partial charge in [0, 0.05) is 11.3 Å². The van der Waals surface area contributed by atoms with Crippen molar-refractivity contribution in [3.8, 4) is 10.6 Å². The SMILES string of the molecule is Cc1ccc2sc(-c3ccc(NC(=O)NCS(=O)(=O)O)cc3)nc2c1. The summed E-state index contributed by atoms with van der Waals surface area (Å²) in [5, 5.41) is 5.40. The number of aromatic nitrogens is 1. The number of fused-ring (bicyclic) bond motifs is 1. The second-order valence-electron chi connectivity index (χ2n) is 5.42. The number of rotatable bonds is 4. The van der Waals surface area contributed by atoms with Crippen LogP contribution < -0.4 is 10.6 Å². The highest BCUT2D eigenvalue weighted by Crippen LogP contribution is 2.31. The van der Waals surface area contributed by atoms with Crippen LogP contribution in [0.5, 0.6) is 0 Å². The molecule has 0 bridgehead atoms.